The molecule has 0 spiro atoms. The minimum absolute atomic E-state index is 0.699. The first-order valence-electron chi connectivity index (χ1n) is 6.21. The molecule has 1 aliphatic heterocycles. The van der Waals surface area contributed by atoms with Gasteiger partial charge < -0.3 is 10.2 Å². The standard InChI is InChI=1S/C13H21N3/c1-3-14-12-6-9-16(10-7-12)13-11(2)5-4-8-15-13/h4-5,8,12,14H,3,6-7,9-10H2,1-2H3. The molecule has 88 valence electrons. The van der Waals surface area contributed by atoms with Gasteiger partial charge in [-0.05, 0) is 37.9 Å². The highest BCUT2D eigenvalue weighted by molar-refractivity contribution is 5.46. The summed E-state index contributed by atoms with van der Waals surface area (Å²) in [4.78, 5) is 6.88. The fourth-order valence-corrected chi connectivity index (χ4v) is 2.39. The SMILES string of the molecule is CCNC1CCN(c2ncccc2C)CC1. The summed E-state index contributed by atoms with van der Waals surface area (Å²) in [6.07, 6.45) is 4.34. The van der Waals surface area contributed by atoms with Crippen LogP contribution >= 0.6 is 0 Å². The Morgan fingerprint density at radius 2 is 2.19 bits per heavy atom. The van der Waals surface area contributed by atoms with Crippen molar-refractivity contribution in [3.8, 4) is 0 Å². The third kappa shape index (κ3) is 2.53. The lowest BCUT2D eigenvalue weighted by atomic mass is 10.0. The predicted molar refractivity (Wildman–Crippen MR) is 67.9 cm³/mol. The van der Waals surface area contributed by atoms with Gasteiger partial charge in [-0.3, -0.25) is 0 Å². The highest BCUT2D eigenvalue weighted by Gasteiger charge is 2.19. The van der Waals surface area contributed by atoms with Crippen molar-refractivity contribution in [1.29, 1.82) is 0 Å². The van der Waals surface area contributed by atoms with Crippen molar-refractivity contribution < 1.29 is 0 Å². The van der Waals surface area contributed by atoms with Crippen molar-refractivity contribution in [3.63, 3.8) is 0 Å². The average molecular weight is 219 g/mol. The molecular formula is C13H21N3. The van der Waals surface area contributed by atoms with Gasteiger partial charge in [0.1, 0.15) is 5.82 Å². The van der Waals surface area contributed by atoms with E-state index in [1.807, 2.05) is 12.3 Å². The molecule has 1 N–H and O–H groups in total. The summed E-state index contributed by atoms with van der Waals surface area (Å²) in [6, 6.07) is 4.84. The Morgan fingerprint density at radius 3 is 2.81 bits per heavy atom. The number of rotatable bonds is 3. The van der Waals surface area contributed by atoms with Crippen LogP contribution in [0.5, 0.6) is 0 Å². The van der Waals surface area contributed by atoms with Crippen molar-refractivity contribution in [1.82, 2.24) is 10.3 Å². The molecule has 0 amide bonds. The first kappa shape index (κ1) is 11.4. The van der Waals surface area contributed by atoms with Crippen LogP contribution < -0.4 is 10.2 Å². The third-order valence-electron chi connectivity index (χ3n) is 3.27. The molecule has 1 aliphatic rings. The Bertz CT molecular complexity index is 330. The first-order valence-corrected chi connectivity index (χ1v) is 6.21. The molecule has 0 radical (unpaired) electrons. The van der Waals surface area contributed by atoms with E-state index in [1.54, 1.807) is 0 Å². The van der Waals surface area contributed by atoms with E-state index in [0.717, 1.165) is 25.5 Å². The lowest BCUT2D eigenvalue weighted by Crippen LogP contribution is -2.42. The Hall–Kier alpha value is -1.09. The number of hydrogen-bond acceptors (Lipinski definition) is 3. The van der Waals surface area contributed by atoms with Crippen LogP contribution in [0.3, 0.4) is 0 Å². The van der Waals surface area contributed by atoms with Gasteiger partial charge in [0.25, 0.3) is 0 Å². The Labute approximate surface area is 97.9 Å². The van der Waals surface area contributed by atoms with Crippen LogP contribution in [0.15, 0.2) is 18.3 Å². The van der Waals surface area contributed by atoms with Gasteiger partial charge in [0.15, 0.2) is 0 Å². The van der Waals surface area contributed by atoms with E-state index in [4.69, 9.17) is 0 Å². The second-order valence-electron chi connectivity index (χ2n) is 4.46. The Balaban J connectivity index is 1.96. The summed E-state index contributed by atoms with van der Waals surface area (Å²) in [7, 11) is 0. The normalized spacial score (nSPS) is 17.8. The van der Waals surface area contributed by atoms with Crippen molar-refractivity contribution in [2.24, 2.45) is 0 Å². The highest BCUT2D eigenvalue weighted by atomic mass is 15.2. The maximum absolute atomic E-state index is 4.48. The summed E-state index contributed by atoms with van der Waals surface area (Å²) in [5.74, 6) is 1.16. The molecule has 0 saturated carbocycles. The molecule has 0 aliphatic carbocycles. The van der Waals surface area contributed by atoms with Crippen LogP contribution in [0, 0.1) is 6.92 Å². The van der Waals surface area contributed by atoms with E-state index in [0.29, 0.717) is 6.04 Å². The lowest BCUT2D eigenvalue weighted by Gasteiger charge is -2.33. The van der Waals surface area contributed by atoms with Crippen molar-refractivity contribution >= 4 is 5.82 Å². The fourth-order valence-electron chi connectivity index (χ4n) is 2.39. The van der Waals surface area contributed by atoms with E-state index in [-0.39, 0.29) is 0 Å². The quantitative estimate of drug-likeness (QED) is 0.842. The third-order valence-corrected chi connectivity index (χ3v) is 3.27. The largest absolute Gasteiger partial charge is 0.356 e. The molecule has 16 heavy (non-hydrogen) atoms. The number of aryl methyl sites for hydroxylation is 1. The fraction of sp³-hybridized carbons (Fsp3) is 0.615. The van der Waals surface area contributed by atoms with Gasteiger partial charge in [-0.1, -0.05) is 13.0 Å². The monoisotopic (exact) mass is 219 g/mol. The summed E-state index contributed by atoms with van der Waals surface area (Å²) in [5, 5.41) is 3.52. The number of nitrogens with one attached hydrogen (secondary N) is 1. The van der Waals surface area contributed by atoms with Crippen molar-refractivity contribution in [2.75, 3.05) is 24.5 Å². The second-order valence-corrected chi connectivity index (χ2v) is 4.46. The first-order chi connectivity index (χ1) is 7.81. The number of piperidine rings is 1. The van der Waals surface area contributed by atoms with Crippen LogP contribution in [0.1, 0.15) is 25.3 Å². The minimum Gasteiger partial charge on any atom is -0.356 e. The molecule has 2 heterocycles. The van der Waals surface area contributed by atoms with Crippen LogP contribution in [-0.2, 0) is 0 Å². The van der Waals surface area contributed by atoms with E-state index in [1.165, 1.54) is 18.4 Å². The van der Waals surface area contributed by atoms with Gasteiger partial charge in [-0.15, -0.1) is 0 Å². The minimum atomic E-state index is 0.699. The average Bonchev–Trinajstić information content (AvgIpc) is 2.31. The van der Waals surface area contributed by atoms with E-state index in [2.05, 4.69) is 35.1 Å². The zero-order chi connectivity index (χ0) is 11.4. The van der Waals surface area contributed by atoms with Crippen LogP contribution in [0.2, 0.25) is 0 Å². The number of anilines is 1. The van der Waals surface area contributed by atoms with E-state index < -0.39 is 0 Å². The van der Waals surface area contributed by atoms with Gasteiger partial charge in [-0.25, -0.2) is 4.98 Å². The molecule has 3 heteroatoms. The molecule has 0 aromatic carbocycles. The maximum atomic E-state index is 4.48. The maximum Gasteiger partial charge on any atom is 0.131 e. The smallest absolute Gasteiger partial charge is 0.131 e. The molecule has 0 bridgehead atoms. The topological polar surface area (TPSA) is 28.2 Å². The molecule has 0 unspecified atom stereocenters. The van der Waals surface area contributed by atoms with E-state index >= 15 is 0 Å². The molecule has 2 rings (SSSR count). The second kappa shape index (κ2) is 5.30. The number of hydrogen-bond donors (Lipinski definition) is 1. The number of pyridine rings is 1. The van der Waals surface area contributed by atoms with Gasteiger partial charge >= 0.3 is 0 Å². The molecular weight excluding hydrogens is 198 g/mol. The van der Waals surface area contributed by atoms with Gasteiger partial charge in [0.2, 0.25) is 0 Å². The molecule has 3 nitrogen and oxygen atoms in total. The highest BCUT2D eigenvalue weighted by Crippen LogP contribution is 2.20. The predicted octanol–water partition coefficient (Wildman–Crippen LogP) is 1.97. The lowest BCUT2D eigenvalue weighted by molar-refractivity contribution is 0.422. The van der Waals surface area contributed by atoms with Gasteiger partial charge in [-0.2, -0.15) is 0 Å². The Kier molecular flexibility index (Phi) is 3.78. The molecule has 0 atom stereocenters. The molecule has 1 saturated heterocycles. The molecule has 1 aromatic heterocycles. The van der Waals surface area contributed by atoms with Crippen molar-refractivity contribution in [2.45, 2.75) is 32.7 Å². The summed E-state index contributed by atoms with van der Waals surface area (Å²) in [6.45, 7) is 7.63. The Morgan fingerprint density at radius 1 is 1.44 bits per heavy atom. The summed E-state index contributed by atoms with van der Waals surface area (Å²) < 4.78 is 0. The van der Waals surface area contributed by atoms with E-state index in [9.17, 15) is 0 Å². The zero-order valence-corrected chi connectivity index (χ0v) is 10.2. The number of nitrogens with zero attached hydrogens (tertiary/aromatic N) is 2. The van der Waals surface area contributed by atoms with Crippen LogP contribution in [0.25, 0.3) is 0 Å². The van der Waals surface area contributed by atoms with Gasteiger partial charge in [0, 0.05) is 25.3 Å². The van der Waals surface area contributed by atoms with Crippen LogP contribution in [-0.4, -0.2) is 30.7 Å². The van der Waals surface area contributed by atoms with Crippen LogP contribution in [0.4, 0.5) is 5.82 Å². The summed E-state index contributed by atoms with van der Waals surface area (Å²) >= 11 is 0. The van der Waals surface area contributed by atoms with Gasteiger partial charge in [0.05, 0.1) is 0 Å². The molecule has 1 fully saturated rings. The zero-order valence-electron chi connectivity index (χ0n) is 10.2. The van der Waals surface area contributed by atoms with Crippen molar-refractivity contribution in [3.05, 3.63) is 23.9 Å². The molecule has 1 aromatic rings. The number of aromatic nitrogens is 1. The summed E-state index contributed by atoms with van der Waals surface area (Å²) in [5.41, 5.74) is 1.28.